The zero-order valence-corrected chi connectivity index (χ0v) is 18.7. The number of rotatable bonds is 10. The molecular formula is C25H32O5. The predicted octanol–water partition coefficient (Wildman–Crippen LogP) is 4.96. The maximum Gasteiger partial charge on any atom is 0.167 e. The van der Waals surface area contributed by atoms with Crippen LogP contribution in [-0.2, 0) is 9.59 Å². The topological polar surface area (TPSA) is 85.3 Å². The lowest BCUT2D eigenvalue weighted by atomic mass is 9.71. The molecule has 3 atom stereocenters. The summed E-state index contributed by atoms with van der Waals surface area (Å²) in [6, 6.07) is 3.22. The summed E-state index contributed by atoms with van der Waals surface area (Å²) in [6.07, 6.45) is 2.74. The smallest absolute Gasteiger partial charge is 0.167 e. The van der Waals surface area contributed by atoms with Gasteiger partial charge in [-0.1, -0.05) is 26.3 Å². The molecule has 2 rings (SSSR count). The molecule has 1 aliphatic carbocycles. The van der Waals surface area contributed by atoms with Crippen LogP contribution in [0.5, 0.6) is 0 Å². The molecule has 1 aliphatic rings. The Bertz CT molecular complexity index is 880. The monoisotopic (exact) mass is 412 g/mol. The normalized spacial score (nSPS) is 18.0. The van der Waals surface area contributed by atoms with Crippen molar-refractivity contribution in [1.82, 2.24) is 0 Å². The highest BCUT2D eigenvalue weighted by molar-refractivity contribution is 6.17. The molecule has 30 heavy (non-hydrogen) atoms. The Labute approximate surface area is 178 Å². The van der Waals surface area contributed by atoms with Crippen LogP contribution in [0.25, 0.3) is 0 Å². The summed E-state index contributed by atoms with van der Waals surface area (Å²) in [7, 11) is 0. The van der Waals surface area contributed by atoms with E-state index in [1.165, 1.54) is 13.8 Å². The summed E-state index contributed by atoms with van der Waals surface area (Å²) in [4.78, 5) is 62.0. The minimum absolute atomic E-state index is 0.0345. The van der Waals surface area contributed by atoms with E-state index < -0.39 is 5.92 Å². The number of ketones is 5. The van der Waals surface area contributed by atoms with Crippen LogP contribution in [0, 0.1) is 24.7 Å². The summed E-state index contributed by atoms with van der Waals surface area (Å²) >= 11 is 0. The third-order valence-corrected chi connectivity index (χ3v) is 6.28. The summed E-state index contributed by atoms with van der Waals surface area (Å²) in [6.45, 7) is 8.54. The summed E-state index contributed by atoms with van der Waals surface area (Å²) in [5, 5.41) is 0. The van der Waals surface area contributed by atoms with Gasteiger partial charge in [0.15, 0.2) is 17.3 Å². The van der Waals surface area contributed by atoms with Crippen molar-refractivity contribution in [3.05, 3.63) is 34.4 Å². The molecule has 0 N–H and O–H groups in total. The minimum atomic E-state index is -0.469. The van der Waals surface area contributed by atoms with Crippen LogP contribution >= 0.6 is 0 Å². The highest BCUT2D eigenvalue weighted by atomic mass is 16.2. The van der Waals surface area contributed by atoms with Gasteiger partial charge in [0.25, 0.3) is 0 Å². The first-order valence-corrected chi connectivity index (χ1v) is 10.9. The van der Waals surface area contributed by atoms with Crippen LogP contribution in [0.4, 0.5) is 0 Å². The van der Waals surface area contributed by atoms with E-state index >= 15 is 0 Å². The van der Waals surface area contributed by atoms with Crippen molar-refractivity contribution in [3.8, 4) is 0 Å². The number of carbonyl (C=O) groups is 5. The van der Waals surface area contributed by atoms with Crippen molar-refractivity contribution in [3.63, 3.8) is 0 Å². The lowest BCUT2D eigenvalue weighted by molar-refractivity contribution is -0.129. The fourth-order valence-corrected chi connectivity index (χ4v) is 4.91. The Morgan fingerprint density at radius 1 is 1.10 bits per heavy atom. The van der Waals surface area contributed by atoms with E-state index in [0.717, 1.165) is 12.8 Å². The molecule has 0 aromatic heterocycles. The number of benzene rings is 1. The molecular weight excluding hydrogens is 380 g/mol. The fraction of sp³-hybridized carbons (Fsp3) is 0.560. The van der Waals surface area contributed by atoms with Crippen molar-refractivity contribution in [2.75, 3.05) is 0 Å². The Hall–Kier alpha value is -2.43. The van der Waals surface area contributed by atoms with Crippen LogP contribution in [0.15, 0.2) is 12.1 Å². The van der Waals surface area contributed by atoms with Gasteiger partial charge in [-0.25, -0.2) is 0 Å². The van der Waals surface area contributed by atoms with Gasteiger partial charge in [-0.2, -0.15) is 0 Å². The van der Waals surface area contributed by atoms with E-state index in [4.69, 9.17) is 0 Å². The van der Waals surface area contributed by atoms with Crippen molar-refractivity contribution >= 4 is 28.9 Å². The van der Waals surface area contributed by atoms with E-state index in [-0.39, 0.29) is 53.6 Å². The maximum absolute atomic E-state index is 13.2. The van der Waals surface area contributed by atoms with Gasteiger partial charge in [0.1, 0.15) is 11.6 Å². The van der Waals surface area contributed by atoms with Crippen LogP contribution in [-0.4, -0.2) is 28.9 Å². The second kappa shape index (κ2) is 10.1. The summed E-state index contributed by atoms with van der Waals surface area (Å²) in [5.74, 6) is -1.33. The molecule has 0 spiro atoms. The SMILES string of the molecule is CCCC(CC1CC(=O)c2c(ccc(C(C)=O)c2C)C1=O)C(CC)C(=O)CC(C)=O. The molecule has 0 amide bonds. The van der Waals surface area contributed by atoms with Crippen LogP contribution in [0.2, 0.25) is 0 Å². The average molecular weight is 413 g/mol. The second-order valence-corrected chi connectivity index (χ2v) is 8.55. The molecule has 0 aliphatic heterocycles. The largest absolute Gasteiger partial charge is 0.300 e. The number of hydrogen-bond acceptors (Lipinski definition) is 5. The van der Waals surface area contributed by atoms with Crippen molar-refractivity contribution < 1.29 is 24.0 Å². The average Bonchev–Trinajstić information content (AvgIpc) is 2.65. The molecule has 1 aromatic carbocycles. The first-order valence-electron chi connectivity index (χ1n) is 10.9. The highest BCUT2D eigenvalue weighted by Crippen LogP contribution is 2.37. The molecule has 0 fully saturated rings. The zero-order valence-electron chi connectivity index (χ0n) is 18.7. The molecule has 162 valence electrons. The van der Waals surface area contributed by atoms with Crippen molar-refractivity contribution in [1.29, 1.82) is 0 Å². The van der Waals surface area contributed by atoms with Gasteiger partial charge in [-0.05, 0) is 57.6 Å². The van der Waals surface area contributed by atoms with Gasteiger partial charge < -0.3 is 0 Å². The Morgan fingerprint density at radius 2 is 1.77 bits per heavy atom. The van der Waals surface area contributed by atoms with Gasteiger partial charge in [0.2, 0.25) is 0 Å². The van der Waals surface area contributed by atoms with E-state index in [0.29, 0.717) is 35.1 Å². The quantitative estimate of drug-likeness (QED) is 0.400. The minimum Gasteiger partial charge on any atom is -0.300 e. The lowest BCUT2D eigenvalue weighted by Crippen LogP contribution is -2.33. The van der Waals surface area contributed by atoms with Crippen molar-refractivity contribution in [2.45, 2.75) is 73.1 Å². The van der Waals surface area contributed by atoms with Crippen molar-refractivity contribution in [2.24, 2.45) is 17.8 Å². The van der Waals surface area contributed by atoms with Gasteiger partial charge in [0, 0.05) is 34.9 Å². The zero-order chi connectivity index (χ0) is 22.6. The Morgan fingerprint density at radius 3 is 2.30 bits per heavy atom. The standard InChI is InChI=1S/C25H32O5/c1-6-8-17(19(7-2)22(28)11-14(3)26)12-18-13-23(29)24-15(4)20(16(5)27)9-10-21(24)25(18)30/h9-10,17-19H,6-8,11-13H2,1-5H3. The number of Topliss-reactive ketones (excluding diaryl/α,β-unsaturated/α-hetero) is 5. The molecule has 0 saturated carbocycles. The van der Waals surface area contributed by atoms with Gasteiger partial charge in [0.05, 0.1) is 6.42 Å². The van der Waals surface area contributed by atoms with Gasteiger partial charge in [-0.3, -0.25) is 24.0 Å². The summed E-state index contributed by atoms with van der Waals surface area (Å²) < 4.78 is 0. The third kappa shape index (κ3) is 5.00. The van der Waals surface area contributed by atoms with Crippen LogP contribution in [0.3, 0.4) is 0 Å². The maximum atomic E-state index is 13.2. The molecule has 1 aromatic rings. The lowest BCUT2D eigenvalue weighted by Gasteiger charge is -2.31. The number of hydrogen-bond donors (Lipinski definition) is 0. The van der Waals surface area contributed by atoms with E-state index in [1.807, 2.05) is 13.8 Å². The number of carbonyl (C=O) groups excluding carboxylic acids is 5. The molecule has 5 nitrogen and oxygen atoms in total. The van der Waals surface area contributed by atoms with E-state index in [9.17, 15) is 24.0 Å². The van der Waals surface area contributed by atoms with E-state index in [1.54, 1.807) is 19.1 Å². The Balaban J connectivity index is 2.33. The third-order valence-electron chi connectivity index (χ3n) is 6.28. The van der Waals surface area contributed by atoms with Gasteiger partial charge in [-0.15, -0.1) is 0 Å². The van der Waals surface area contributed by atoms with Gasteiger partial charge >= 0.3 is 0 Å². The van der Waals surface area contributed by atoms with Crippen LogP contribution in [0.1, 0.15) is 103 Å². The second-order valence-electron chi connectivity index (χ2n) is 8.55. The number of fused-ring (bicyclic) bond motifs is 1. The van der Waals surface area contributed by atoms with E-state index in [2.05, 4.69) is 0 Å². The first kappa shape index (κ1) is 23.8. The molecule has 0 radical (unpaired) electrons. The molecule has 5 heteroatoms. The predicted molar refractivity (Wildman–Crippen MR) is 115 cm³/mol. The van der Waals surface area contributed by atoms with Crippen LogP contribution < -0.4 is 0 Å². The molecule has 0 saturated heterocycles. The highest BCUT2D eigenvalue weighted by Gasteiger charge is 2.38. The molecule has 0 heterocycles. The Kier molecular flexibility index (Phi) is 7.99. The fourth-order valence-electron chi connectivity index (χ4n) is 4.91. The first-order chi connectivity index (χ1) is 14.1. The molecule has 0 bridgehead atoms. The summed E-state index contributed by atoms with van der Waals surface area (Å²) in [5.41, 5.74) is 1.80. The molecule has 3 unspecified atom stereocenters.